The molecule has 3 heteroatoms. The summed E-state index contributed by atoms with van der Waals surface area (Å²) in [5, 5.41) is 3.32. The number of carbonyl (C=O) groups is 1. The van der Waals surface area contributed by atoms with Gasteiger partial charge < -0.3 is 10.1 Å². The van der Waals surface area contributed by atoms with E-state index in [0.29, 0.717) is 12.3 Å². The Kier molecular flexibility index (Phi) is 3.31. The van der Waals surface area contributed by atoms with Crippen LogP contribution >= 0.6 is 0 Å². The lowest BCUT2D eigenvalue weighted by molar-refractivity contribution is -0.143. The number of nitrogens with one attached hydrogen (secondary N) is 1. The predicted octanol–water partition coefficient (Wildman–Crippen LogP) is 1.19. The summed E-state index contributed by atoms with van der Waals surface area (Å²) in [5.41, 5.74) is 0.0661. The van der Waals surface area contributed by atoms with Crippen LogP contribution in [0, 0.1) is 11.3 Å². The maximum absolute atomic E-state index is 11.1. The van der Waals surface area contributed by atoms with E-state index in [2.05, 4.69) is 23.9 Å². The van der Waals surface area contributed by atoms with Crippen LogP contribution in [0.4, 0.5) is 0 Å². The van der Waals surface area contributed by atoms with Gasteiger partial charge in [0, 0.05) is 0 Å². The summed E-state index contributed by atoms with van der Waals surface area (Å²) in [6.07, 6.45) is 1.69. The van der Waals surface area contributed by atoms with Gasteiger partial charge in [0.15, 0.2) is 0 Å². The Labute approximate surface area is 79.8 Å². The predicted molar refractivity (Wildman–Crippen MR) is 51.4 cm³/mol. The summed E-state index contributed by atoms with van der Waals surface area (Å²) in [6.45, 7) is 6.39. The fourth-order valence-electron chi connectivity index (χ4n) is 1.91. The molecule has 0 saturated carbocycles. The summed E-state index contributed by atoms with van der Waals surface area (Å²) in [5.74, 6) is 0.503. The number of esters is 1. The van der Waals surface area contributed by atoms with Crippen molar-refractivity contribution in [2.45, 2.75) is 26.7 Å². The molecule has 1 atom stereocenters. The van der Waals surface area contributed by atoms with Crippen LogP contribution in [0.2, 0.25) is 0 Å². The third kappa shape index (κ3) is 2.69. The molecular weight excluding hydrogens is 166 g/mol. The highest BCUT2D eigenvalue weighted by Crippen LogP contribution is 2.34. The molecule has 1 saturated heterocycles. The Bertz CT molecular complexity index is 183. The van der Waals surface area contributed by atoms with E-state index in [0.717, 1.165) is 13.1 Å². The number of rotatable bonds is 3. The van der Waals surface area contributed by atoms with Crippen molar-refractivity contribution in [3.8, 4) is 0 Å². The molecule has 1 aliphatic heterocycles. The highest BCUT2D eigenvalue weighted by molar-refractivity contribution is 5.70. The van der Waals surface area contributed by atoms with Gasteiger partial charge in [0.05, 0.1) is 13.5 Å². The molecule has 1 fully saturated rings. The molecule has 1 heterocycles. The second-order valence-electron chi connectivity index (χ2n) is 4.43. The van der Waals surface area contributed by atoms with Gasteiger partial charge in [-0.3, -0.25) is 4.79 Å². The zero-order valence-electron chi connectivity index (χ0n) is 8.72. The van der Waals surface area contributed by atoms with Crippen molar-refractivity contribution in [3.63, 3.8) is 0 Å². The Balaban J connectivity index is 2.48. The average molecular weight is 185 g/mol. The lowest BCUT2D eigenvalue weighted by Crippen LogP contribution is -2.29. The molecule has 0 bridgehead atoms. The van der Waals surface area contributed by atoms with Gasteiger partial charge in [0.25, 0.3) is 0 Å². The largest absolute Gasteiger partial charge is 0.469 e. The molecule has 1 aliphatic rings. The van der Waals surface area contributed by atoms with Gasteiger partial charge in [-0.2, -0.15) is 0 Å². The smallest absolute Gasteiger partial charge is 0.306 e. The lowest BCUT2D eigenvalue weighted by atomic mass is 9.76. The van der Waals surface area contributed by atoms with Crippen LogP contribution in [0.25, 0.3) is 0 Å². The molecule has 0 aromatic heterocycles. The molecule has 13 heavy (non-hydrogen) atoms. The molecule has 76 valence electrons. The van der Waals surface area contributed by atoms with E-state index in [1.54, 1.807) is 0 Å². The van der Waals surface area contributed by atoms with E-state index in [1.807, 2.05) is 0 Å². The second kappa shape index (κ2) is 4.09. The van der Waals surface area contributed by atoms with Gasteiger partial charge in [0.2, 0.25) is 0 Å². The Morgan fingerprint density at radius 2 is 2.31 bits per heavy atom. The third-order valence-corrected chi connectivity index (χ3v) is 2.99. The zero-order valence-corrected chi connectivity index (χ0v) is 8.72. The van der Waals surface area contributed by atoms with E-state index >= 15 is 0 Å². The van der Waals surface area contributed by atoms with Crippen LogP contribution in [0.5, 0.6) is 0 Å². The molecule has 0 aliphatic carbocycles. The van der Waals surface area contributed by atoms with E-state index in [-0.39, 0.29) is 11.4 Å². The first-order chi connectivity index (χ1) is 6.06. The molecule has 0 amide bonds. The summed E-state index contributed by atoms with van der Waals surface area (Å²) < 4.78 is 4.69. The van der Waals surface area contributed by atoms with Crippen molar-refractivity contribution < 1.29 is 9.53 Å². The normalized spacial score (nSPS) is 23.2. The SMILES string of the molecule is COC(=O)CC(C)(C)C1CCNC1. The number of ether oxygens (including phenoxy) is 1. The van der Waals surface area contributed by atoms with Crippen molar-refractivity contribution in [3.05, 3.63) is 0 Å². The van der Waals surface area contributed by atoms with Gasteiger partial charge >= 0.3 is 5.97 Å². The molecule has 0 spiro atoms. The first-order valence-corrected chi connectivity index (χ1v) is 4.84. The summed E-state index contributed by atoms with van der Waals surface area (Å²) in [4.78, 5) is 11.1. The fraction of sp³-hybridized carbons (Fsp3) is 0.900. The number of hydrogen-bond acceptors (Lipinski definition) is 3. The topological polar surface area (TPSA) is 38.3 Å². The van der Waals surface area contributed by atoms with E-state index in [9.17, 15) is 4.79 Å². The Morgan fingerprint density at radius 3 is 2.77 bits per heavy atom. The first-order valence-electron chi connectivity index (χ1n) is 4.84. The molecule has 0 radical (unpaired) electrons. The van der Waals surface area contributed by atoms with Crippen molar-refractivity contribution in [1.29, 1.82) is 0 Å². The molecular formula is C10H19NO2. The molecule has 1 unspecified atom stereocenters. The highest BCUT2D eigenvalue weighted by atomic mass is 16.5. The van der Waals surface area contributed by atoms with Gasteiger partial charge in [-0.05, 0) is 30.8 Å². The van der Waals surface area contributed by atoms with E-state index < -0.39 is 0 Å². The summed E-state index contributed by atoms with van der Waals surface area (Å²) >= 11 is 0. The highest BCUT2D eigenvalue weighted by Gasteiger charge is 2.33. The standard InChI is InChI=1S/C10H19NO2/c1-10(2,6-9(12)13-3)8-4-5-11-7-8/h8,11H,4-7H2,1-3H3. The van der Waals surface area contributed by atoms with Crippen LogP contribution in [0.3, 0.4) is 0 Å². The minimum atomic E-state index is -0.100. The van der Waals surface area contributed by atoms with E-state index in [1.165, 1.54) is 13.5 Å². The summed E-state index contributed by atoms with van der Waals surface area (Å²) in [6, 6.07) is 0. The summed E-state index contributed by atoms with van der Waals surface area (Å²) in [7, 11) is 1.45. The molecule has 3 nitrogen and oxygen atoms in total. The maximum atomic E-state index is 11.1. The zero-order chi connectivity index (χ0) is 9.90. The van der Waals surface area contributed by atoms with Gasteiger partial charge in [0.1, 0.15) is 0 Å². The van der Waals surface area contributed by atoms with Crippen LogP contribution in [0.1, 0.15) is 26.7 Å². The van der Waals surface area contributed by atoms with Crippen LogP contribution < -0.4 is 5.32 Å². The monoisotopic (exact) mass is 185 g/mol. The van der Waals surface area contributed by atoms with Crippen LogP contribution in [-0.2, 0) is 9.53 Å². The lowest BCUT2D eigenvalue weighted by Gasteiger charge is -2.29. The molecule has 0 aromatic rings. The second-order valence-corrected chi connectivity index (χ2v) is 4.43. The number of carbonyl (C=O) groups excluding carboxylic acids is 1. The fourth-order valence-corrected chi connectivity index (χ4v) is 1.91. The van der Waals surface area contributed by atoms with Gasteiger partial charge in [-0.15, -0.1) is 0 Å². The van der Waals surface area contributed by atoms with Crippen molar-refractivity contribution in [2.24, 2.45) is 11.3 Å². The minimum Gasteiger partial charge on any atom is -0.469 e. The maximum Gasteiger partial charge on any atom is 0.306 e. The van der Waals surface area contributed by atoms with Crippen LogP contribution in [-0.4, -0.2) is 26.2 Å². The van der Waals surface area contributed by atoms with Gasteiger partial charge in [-0.25, -0.2) is 0 Å². The minimum absolute atomic E-state index is 0.0661. The van der Waals surface area contributed by atoms with Crippen molar-refractivity contribution >= 4 is 5.97 Å². The molecule has 1 rings (SSSR count). The van der Waals surface area contributed by atoms with Crippen molar-refractivity contribution in [1.82, 2.24) is 5.32 Å². The first kappa shape index (κ1) is 10.5. The van der Waals surface area contributed by atoms with Crippen molar-refractivity contribution in [2.75, 3.05) is 20.2 Å². The molecule has 1 N–H and O–H groups in total. The number of methoxy groups -OCH3 is 1. The molecule has 0 aromatic carbocycles. The quantitative estimate of drug-likeness (QED) is 0.671. The number of hydrogen-bond donors (Lipinski definition) is 1. The average Bonchev–Trinajstić information content (AvgIpc) is 2.55. The third-order valence-electron chi connectivity index (χ3n) is 2.99. The Morgan fingerprint density at radius 1 is 1.62 bits per heavy atom. The van der Waals surface area contributed by atoms with Gasteiger partial charge in [-0.1, -0.05) is 13.8 Å². The van der Waals surface area contributed by atoms with Crippen LogP contribution in [0.15, 0.2) is 0 Å². The Hall–Kier alpha value is -0.570. The van der Waals surface area contributed by atoms with E-state index in [4.69, 9.17) is 0 Å².